The van der Waals surface area contributed by atoms with Crippen LogP contribution in [0.2, 0.25) is 0 Å². The number of hydrogen-bond donors (Lipinski definition) is 10. The fourth-order valence-electron chi connectivity index (χ4n) is 9.51. The van der Waals surface area contributed by atoms with Gasteiger partial charge in [-0.2, -0.15) is 26.1 Å². The Bertz CT molecular complexity index is 4700. The first-order chi connectivity index (χ1) is 51.6. The van der Waals surface area contributed by atoms with Gasteiger partial charge in [0.2, 0.25) is 29.1 Å². The number of nitrogens with zero attached hydrogens (tertiary/aromatic N) is 15. The number of carbonyl (C=O) groups excluding carboxylic acids is 5. The first kappa shape index (κ1) is 72.0. The number of aryl methyl sites for hydroxylation is 4. The summed E-state index contributed by atoms with van der Waals surface area (Å²) in [6.07, 6.45) is 0. The van der Waals surface area contributed by atoms with Gasteiger partial charge in [0.25, 0.3) is 29.5 Å². The van der Waals surface area contributed by atoms with Gasteiger partial charge in [0, 0.05) is 84.1 Å². The SMILES string of the molecule is COc1ccc(NC(=O)c2ccc(-c3nn[nH]n3)cc2)cc1.Cc1ccc(NC(=O)c2ccc(-c3nn[nH]n3)cc2)cc1.Cc1ccc(NC(=O)c2ccc(-c3nn[nH]n3)cc2)cc1.Cc1ccc(NC(=O)c2ccc(-c3nn[nH]n3)cc2)cc1.Cc1ccc(NC(=O)c2ccc(-c3nn[nH]n3)cc2)cc1. The molecule has 0 aliphatic rings. The van der Waals surface area contributed by atoms with Crippen molar-refractivity contribution in [3.63, 3.8) is 0 Å². The summed E-state index contributed by atoms with van der Waals surface area (Å²) in [5, 5.41) is 82.6. The fraction of sp³-hybridized carbons (Fsp3) is 0.0667. The standard InChI is InChI=1S/C15H13N5O2.4C15H13N5O/c1-22-13-8-6-12(7-9-13)16-15(21)11-4-2-10(3-5-11)14-17-19-20-18-14;4*1-10-2-8-13(9-3-10)16-15(21)12-6-4-11(5-7-12)14-17-19-20-18-14/h2-9H,1H3,(H,16,21)(H,17,18,19,20);4*2-9H,1H3,(H,16,21)(H,17,18,19,20). The molecule has 0 radical (unpaired) electrons. The Morgan fingerprint density at radius 1 is 0.245 bits per heavy atom. The molecule has 0 aliphatic carbocycles. The van der Waals surface area contributed by atoms with Gasteiger partial charge in [0.15, 0.2) is 0 Å². The van der Waals surface area contributed by atoms with E-state index in [-0.39, 0.29) is 29.5 Å². The molecule has 10 N–H and O–H groups in total. The highest BCUT2D eigenvalue weighted by atomic mass is 16.5. The Balaban J connectivity index is 0.000000132. The number of ether oxygens (including phenoxy) is 1. The summed E-state index contributed by atoms with van der Waals surface area (Å²) in [6, 6.07) is 72.9. The molecule has 31 heteroatoms. The molecule has 5 heterocycles. The third-order valence-corrected chi connectivity index (χ3v) is 15.3. The zero-order valence-electron chi connectivity index (χ0n) is 57.3. The molecule has 10 aromatic carbocycles. The minimum Gasteiger partial charge on any atom is -0.497 e. The Morgan fingerprint density at radius 2 is 0.415 bits per heavy atom. The number of anilines is 5. The number of tetrazole rings is 5. The lowest BCUT2D eigenvalue weighted by Crippen LogP contribution is -2.11. The molecule has 5 amide bonds. The first-order valence-electron chi connectivity index (χ1n) is 32.3. The normalized spacial score (nSPS) is 10.3. The summed E-state index contributed by atoms with van der Waals surface area (Å²) in [5.74, 6) is 2.42. The van der Waals surface area contributed by atoms with Crippen LogP contribution in [0.1, 0.15) is 74.0 Å². The second kappa shape index (κ2) is 35.6. The summed E-state index contributed by atoms with van der Waals surface area (Å²) < 4.78 is 5.08. The molecule has 15 rings (SSSR count). The fourth-order valence-corrected chi connectivity index (χ4v) is 9.51. The van der Waals surface area contributed by atoms with Crippen LogP contribution < -0.4 is 31.3 Å². The van der Waals surface area contributed by atoms with Crippen LogP contribution in [0, 0.1) is 27.7 Å². The Hall–Kier alpha value is -15.3. The average molecular weight is 1410 g/mol. The maximum atomic E-state index is 12.2. The smallest absolute Gasteiger partial charge is 0.255 e. The highest BCUT2D eigenvalue weighted by Gasteiger charge is 2.14. The maximum Gasteiger partial charge on any atom is 0.255 e. The number of amides is 5. The van der Waals surface area contributed by atoms with E-state index in [2.05, 4.69) is 130 Å². The summed E-state index contributed by atoms with van der Waals surface area (Å²) in [7, 11) is 1.60. The zero-order valence-corrected chi connectivity index (χ0v) is 57.3. The molecule has 5 aromatic heterocycles. The number of carbonyl (C=O) groups is 5. The van der Waals surface area contributed by atoms with E-state index in [0.29, 0.717) is 62.6 Å². The van der Waals surface area contributed by atoms with Crippen LogP contribution in [0.15, 0.2) is 243 Å². The topological polar surface area (TPSA) is 427 Å². The Labute approximate surface area is 603 Å². The van der Waals surface area contributed by atoms with E-state index < -0.39 is 0 Å². The van der Waals surface area contributed by atoms with Crippen LogP contribution >= 0.6 is 0 Å². The number of aromatic nitrogens is 20. The molecular weight excluding hydrogens is 1350 g/mol. The molecule has 526 valence electrons. The van der Waals surface area contributed by atoms with E-state index in [1.54, 1.807) is 153 Å². The summed E-state index contributed by atoms with van der Waals surface area (Å²) in [5.41, 5.74) is 15.2. The number of hydrogen-bond acceptors (Lipinski definition) is 21. The molecule has 0 spiro atoms. The lowest BCUT2D eigenvalue weighted by atomic mass is 10.1. The summed E-state index contributed by atoms with van der Waals surface area (Å²) in [4.78, 5) is 60.7. The van der Waals surface area contributed by atoms with Crippen LogP contribution in [0.3, 0.4) is 0 Å². The quantitative estimate of drug-likeness (QED) is 0.0429. The molecule has 0 saturated carbocycles. The number of aromatic amines is 5. The highest BCUT2D eigenvalue weighted by Crippen LogP contribution is 2.23. The van der Waals surface area contributed by atoms with Crippen LogP contribution in [0.4, 0.5) is 28.4 Å². The molecule has 0 fully saturated rings. The highest BCUT2D eigenvalue weighted by molar-refractivity contribution is 6.07. The monoisotopic (exact) mass is 1410 g/mol. The van der Waals surface area contributed by atoms with Gasteiger partial charge in [-0.05, 0) is 187 Å². The van der Waals surface area contributed by atoms with Crippen molar-refractivity contribution in [3.8, 4) is 62.7 Å². The van der Waals surface area contributed by atoms with Crippen molar-refractivity contribution in [1.29, 1.82) is 0 Å². The molecule has 31 nitrogen and oxygen atoms in total. The summed E-state index contributed by atoms with van der Waals surface area (Å²) >= 11 is 0. The number of nitrogens with one attached hydrogen (secondary N) is 10. The predicted octanol–water partition coefficient (Wildman–Crippen LogP) is 11.8. The van der Waals surface area contributed by atoms with E-state index in [0.717, 1.165) is 78.6 Å². The molecule has 0 bridgehead atoms. The summed E-state index contributed by atoms with van der Waals surface area (Å²) in [6.45, 7) is 8.01. The van der Waals surface area contributed by atoms with E-state index >= 15 is 0 Å². The lowest BCUT2D eigenvalue weighted by Gasteiger charge is -2.06. The van der Waals surface area contributed by atoms with Crippen LogP contribution in [-0.2, 0) is 0 Å². The van der Waals surface area contributed by atoms with Crippen molar-refractivity contribution in [2.24, 2.45) is 0 Å². The molecule has 0 saturated heterocycles. The van der Waals surface area contributed by atoms with Crippen molar-refractivity contribution in [2.45, 2.75) is 27.7 Å². The van der Waals surface area contributed by atoms with Crippen molar-refractivity contribution in [1.82, 2.24) is 103 Å². The molecule has 0 unspecified atom stereocenters. The van der Waals surface area contributed by atoms with Crippen LogP contribution in [-0.4, -0.2) is 140 Å². The zero-order chi connectivity index (χ0) is 74.0. The number of methoxy groups -OCH3 is 1. The first-order valence-corrected chi connectivity index (χ1v) is 32.3. The minimum absolute atomic E-state index is 0.154. The Kier molecular flexibility index (Phi) is 24.2. The van der Waals surface area contributed by atoms with Gasteiger partial charge in [-0.25, -0.2) is 0 Å². The van der Waals surface area contributed by atoms with Gasteiger partial charge in [0.1, 0.15) is 5.75 Å². The molecular formula is C75H65N25O6. The second-order valence-electron chi connectivity index (χ2n) is 23.0. The second-order valence-corrected chi connectivity index (χ2v) is 23.0. The van der Waals surface area contributed by atoms with Gasteiger partial charge in [-0.15, -0.1) is 51.0 Å². The van der Waals surface area contributed by atoms with Gasteiger partial charge in [0.05, 0.1) is 7.11 Å². The molecule has 0 aliphatic heterocycles. The number of H-pyrrole nitrogens is 5. The van der Waals surface area contributed by atoms with Crippen molar-refractivity contribution in [3.05, 3.63) is 293 Å². The Morgan fingerprint density at radius 3 is 0.566 bits per heavy atom. The van der Waals surface area contributed by atoms with E-state index in [1.807, 2.05) is 125 Å². The van der Waals surface area contributed by atoms with Crippen molar-refractivity contribution in [2.75, 3.05) is 33.7 Å². The van der Waals surface area contributed by atoms with Gasteiger partial charge >= 0.3 is 0 Å². The number of rotatable bonds is 16. The molecule has 0 atom stereocenters. The minimum atomic E-state index is -0.190. The third kappa shape index (κ3) is 20.7. The van der Waals surface area contributed by atoms with Crippen LogP contribution in [0.25, 0.3) is 56.9 Å². The van der Waals surface area contributed by atoms with E-state index in [9.17, 15) is 24.0 Å². The maximum absolute atomic E-state index is 12.2. The molecule has 15 aromatic rings. The van der Waals surface area contributed by atoms with E-state index in [4.69, 9.17) is 4.74 Å². The average Bonchev–Trinajstić information content (AvgIpc) is 1.43. The van der Waals surface area contributed by atoms with Gasteiger partial charge < -0.3 is 31.3 Å². The number of benzene rings is 10. The third-order valence-electron chi connectivity index (χ3n) is 15.3. The van der Waals surface area contributed by atoms with E-state index in [1.165, 1.54) is 0 Å². The van der Waals surface area contributed by atoms with Gasteiger partial charge in [-0.1, -0.05) is 131 Å². The lowest BCUT2D eigenvalue weighted by molar-refractivity contribution is 0.101. The molecule has 106 heavy (non-hydrogen) atoms. The van der Waals surface area contributed by atoms with Gasteiger partial charge in [-0.3, -0.25) is 24.0 Å². The van der Waals surface area contributed by atoms with Crippen LogP contribution in [0.5, 0.6) is 5.75 Å². The van der Waals surface area contributed by atoms with Crippen molar-refractivity contribution < 1.29 is 28.7 Å². The predicted molar refractivity (Wildman–Crippen MR) is 396 cm³/mol. The largest absolute Gasteiger partial charge is 0.497 e. The van der Waals surface area contributed by atoms with Crippen molar-refractivity contribution >= 4 is 58.0 Å².